The van der Waals surface area contributed by atoms with Crippen LogP contribution in [0.15, 0.2) is 53.6 Å². The van der Waals surface area contributed by atoms with Crippen LogP contribution in [-0.4, -0.2) is 24.8 Å². The van der Waals surface area contributed by atoms with E-state index in [4.69, 9.17) is 15.2 Å². The molecule has 0 spiro atoms. The highest BCUT2D eigenvalue weighted by Gasteiger charge is 2.31. The first-order chi connectivity index (χ1) is 12.1. The molecule has 0 fully saturated rings. The van der Waals surface area contributed by atoms with E-state index in [1.807, 2.05) is 24.3 Å². The summed E-state index contributed by atoms with van der Waals surface area (Å²) in [6.07, 6.45) is -0.172. The second-order valence-electron chi connectivity index (χ2n) is 5.45. The van der Waals surface area contributed by atoms with E-state index in [0.717, 1.165) is 11.1 Å². The maximum atomic E-state index is 12.0. The summed E-state index contributed by atoms with van der Waals surface area (Å²) in [6, 6.07) is 13.6. The highest BCUT2D eigenvalue weighted by atomic mass is 16.5. The number of nitrogens with two attached hydrogens (primary N) is 1. The van der Waals surface area contributed by atoms with Crippen molar-refractivity contribution in [3.63, 3.8) is 0 Å². The van der Waals surface area contributed by atoms with Crippen LogP contribution in [-0.2, 0) is 4.74 Å². The van der Waals surface area contributed by atoms with Gasteiger partial charge in [-0.05, 0) is 35.9 Å². The van der Waals surface area contributed by atoms with Gasteiger partial charge in [0.15, 0.2) is 0 Å². The van der Waals surface area contributed by atoms with Crippen LogP contribution >= 0.6 is 0 Å². The number of hydrogen-bond acceptors (Lipinski definition) is 5. The molecule has 3 N–H and O–H groups in total. The molecule has 1 atom stereocenters. The van der Waals surface area contributed by atoms with Crippen molar-refractivity contribution in [2.75, 3.05) is 7.11 Å². The zero-order valence-electron chi connectivity index (χ0n) is 13.6. The molecule has 7 nitrogen and oxygen atoms in total. The average molecular weight is 339 g/mol. The fourth-order valence-electron chi connectivity index (χ4n) is 2.68. The molecule has 0 bridgehead atoms. The summed E-state index contributed by atoms with van der Waals surface area (Å²) in [5.74, 6) is 0.334. The molecular weight excluding hydrogens is 322 g/mol. The van der Waals surface area contributed by atoms with Gasteiger partial charge < -0.3 is 15.2 Å². The molecule has 2 amide bonds. The number of nitrogens with zero attached hydrogens (tertiary/aromatic N) is 1. The van der Waals surface area contributed by atoms with E-state index in [2.05, 4.69) is 10.5 Å². The molecule has 25 heavy (non-hydrogen) atoms. The average Bonchev–Trinajstić information content (AvgIpc) is 2.95. The number of rotatable bonds is 5. The Morgan fingerprint density at radius 1 is 1.24 bits per heavy atom. The topological polar surface area (TPSA) is 103 Å². The molecule has 2 aromatic carbocycles. The van der Waals surface area contributed by atoms with Crippen molar-refractivity contribution < 1.29 is 19.1 Å². The standard InChI is InChI=1S/C18H17N3O4/c1-24-12-8-6-11(7-9-12)15(20-21-18(19)23)10-16-13-4-2-3-5-14(13)17(22)25-16/h2-9,16H,10H2,1H3,(H3,19,21,23)/b20-15-/t16-/m0/s1. The molecule has 128 valence electrons. The predicted molar refractivity (Wildman–Crippen MR) is 91.5 cm³/mol. The van der Waals surface area contributed by atoms with Crippen molar-refractivity contribution >= 4 is 17.7 Å². The van der Waals surface area contributed by atoms with Gasteiger partial charge in [0.1, 0.15) is 11.9 Å². The maximum absolute atomic E-state index is 12.0. The summed E-state index contributed by atoms with van der Waals surface area (Å²) in [7, 11) is 1.58. The Hall–Kier alpha value is -3.35. The largest absolute Gasteiger partial charge is 0.497 e. The summed E-state index contributed by atoms with van der Waals surface area (Å²) in [6.45, 7) is 0. The van der Waals surface area contributed by atoms with Crippen molar-refractivity contribution in [1.82, 2.24) is 5.43 Å². The Morgan fingerprint density at radius 2 is 1.96 bits per heavy atom. The van der Waals surface area contributed by atoms with Gasteiger partial charge in [0.05, 0.1) is 18.4 Å². The highest BCUT2D eigenvalue weighted by molar-refractivity contribution is 6.02. The zero-order valence-corrected chi connectivity index (χ0v) is 13.6. The summed E-state index contributed by atoms with van der Waals surface area (Å²) in [5.41, 5.74) is 9.99. The normalized spacial score (nSPS) is 16.1. The van der Waals surface area contributed by atoms with Gasteiger partial charge >= 0.3 is 12.0 Å². The number of ether oxygens (including phenoxy) is 2. The molecule has 0 saturated heterocycles. The van der Waals surface area contributed by atoms with Crippen molar-refractivity contribution in [1.29, 1.82) is 0 Å². The molecule has 0 aliphatic carbocycles. The molecular formula is C18H17N3O4. The lowest BCUT2D eigenvalue weighted by Gasteiger charge is -2.13. The number of esters is 1. The van der Waals surface area contributed by atoms with Gasteiger partial charge in [-0.3, -0.25) is 0 Å². The summed E-state index contributed by atoms with van der Waals surface area (Å²) in [5, 5.41) is 4.07. The van der Waals surface area contributed by atoms with Crippen LogP contribution in [0.3, 0.4) is 0 Å². The van der Waals surface area contributed by atoms with Gasteiger partial charge in [-0.1, -0.05) is 18.2 Å². The number of carbonyl (C=O) groups is 2. The lowest BCUT2D eigenvalue weighted by Crippen LogP contribution is -2.26. The third-order valence-electron chi connectivity index (χ3n) is 3.88. The van der Waals surface area contributed by atoms with Gasteiger partial charge in [0.25, 0.3) is 0 Å². The molecule has 1 aliphatic heterocycles. The molecule has 7 heteroatoms. The van der Waals surface area contributed by atoms with Crippen LogP contribution < -0.4 is 15.9 Å². The van der Waals surface area contributed by atoms with E-state index in [1.165, 1.54) is 0 Å². The van der Waals surface area contributed by atoms with Crippen molar-refractivity contribution in [2.45, 2.75) is 12.5 Å². The van der Waals surface area contributed by atoms with Crippen molar-refractivity contribution in [3.8, 4) is 5.75 Å². The van der Waals surface area contributed by atoms with Crippen molar-refractivity contribution in [2.24, 2.45) is 10.8 Å². The molecule has 1 aliphatic rings. The molecule has 0 saturated carbocycles. The SMILES string of the molecule is COc1ccc(/C(C[C@@H]2OC(=O)c3ccccc32)=N\NC(N)=O)cc1. The zero-order chi connectivity index (χ0) is 17.8. The smallest absolute Gasteiger partial charge is 0.339 e. The van der Waals surface area contributed by atoms with Crippen LogP contribution in [0.5, 0.6) is 5.75 Å². The first-order valence-corrected chi connectivity index (χ1v) is 7.65. The number of amides is 2. The van der Waals surface area contributed by atoms with Crippen LogP contribution in [0.1, 0.15) is 34.0 Å². The quantitative estimate of drug-likeness (QED) is 0.496. The number of benzene rings is 2. The van der Waals surface area contributed by atoms with Crippen molar-refractivity contribution in [3.05, 3.63) is 65.2 Å². The monoisotopic (exact) mass is 339 g/mol. The lowest BCUT2D eigenvalue weighted by atomic mass is 9.98. The number of urea groups is 1. The second kappa shape index (κ2) is 7.04. The highest BCUT2D eigenvalue weighted by Crippen LogP contribution is 2.34. The summed E-state index contributed by atoms with van der Waals surface area (Å²) < 4.78 is 10.6. The first kappa shape index (κ1) is 16.5. The lowest BCUT2D eigenvalue weighted by molar-refractivity contribution is 0.0400. The van der Waals surface area contributed by atoms with Crippen LogP contribution in [0.25, 0.3) is 0 Å². The van der Waals surface area contributed by atoms with Gasteiger partial charge in [0, 0.05) is 12.0 Å². The van der Waals surface area contributed by atoms with Crippen LogP contribution in [0, 0.1) is 0 Å². The number of carbonyl (C=O) groups excluding carboxylic acids is 2. The fraction of sp³-hybridized carbons (Fsp3) is 0.167. The minimum Gasteiger partial charge on any atom is -0.497 e. The molecule has 0 unspecified atom stereocenters. The van der Waals surface area contributed by atoms with E-state index < -0.39 is 12.1 Å². The van der Waals surface area contributed by atoms with Crippen LogP contribution in [0.4, 0.5) is 4.79 Å². The molecule has 2 aromatic rings. The number of primary amides is 1. The third kappa shape index (κ3) is 3.60. The number of cyclic esters (lactones) is 1. The number of hydrogen-bond donors (Lipinski definition) is 2. The van der Waals surface area contributed by atoms with E-state index in [0.29, 0.717) is 23.4 Å². The minimum absolute atomic E-state index is 0.301. The first-order valence-electron chi connectivity index (χ1n) is 7.65. The Balaban J connectivity index is 1.89. The third-order valence-corrected chi connectivity index (χ3v) is 3.88. The second-order valence-corrected chi connectivity index (χ2v) is 5.45. The summed E-state index contributed by atoms with van der Waals surface area (Å²) >= 11 is 0. The molecule has 0 aromatic heterocycles. The van der Waals surface area contributed by atoms with E-state index in [9.17, 15) is 9.59 Å². The Labute approximate surface area is 144 Å². The molecule has 0 radical (unpaired) electrons. The van der Waals surface area contributed by atoms with E-state index >= 15 is 0 Å². The number of methoxy groups -OCH3 is 1. The predicted octanol–water partition coefficient (Wildman–Crippen LogP) is 2.37. The number of fused-ring (bicyclic) bond motifs is 1. The molecule has 3 rings (SSSR count). The van der Waals surface area contributed by atoms with Gasteiger partial charge in [-0.2, -0.15) is 5.10 Å². The Morgan fingerprint density at radius 3 is 2.64 bits per heavy atom. The maximum Gasteiger partial charge on any atom is 0.339 e. The molecule has 1 heterocycles. The summed E-state index contributed by atoms with van der Waals surface area (Å²) in [4.78, 5) is 23.0. The minimum atomic E-state index is -0.769. The van der Waals surface area contributed by atoms with Gasteiger partial charge in [-0.15, -0.1) is 0 Å². The van der Waals surface area contributed by atoms with E-state index in [-0.39, 0.29) is 5.97 Å². The number of nitrogens with one attached hydrogen (secondary N) is 1. The van der Waals surface area contributed by atoms with Gasteiger partial charge in [0.2, 0.25) is 0 Å². The van der Waals surface area contributed by atoms with Gasteiger partial charge in [-0.25, -0.2) is 15.0 Å². The van der Waals surface area contributed by atoms with Crippen LogP contribution in [0.2, 0.25) is 0 Å². The Bertz CT molecular complexity index is 830. The van der Waals surface area contributed by atoms with E-state index in [1.54, 1.807) is 31.4 Å². The number of hydrazone groups is 1. The fourth-order valence-corrected chi connectivity index (χ4v) is 2.68. The Kier molecular flexibility index (Phi) is 4.65.